The average molecular weight is 244 g/mol. The second-order valence-corrected chi connectivity index (χ2v) is 4.64. The fourth-order valence-corrected chi connectivity index (χ4v) is 2.30. The van der Waals surface area contributed by atoms with Crippen molar-refractivity contribution >= 4 is 11.4 Å². The lowest BCUT2D eigenvalue weighted by molar-refractivity contribution is 0.0929. The highest BCUT2D eigenvalue weighted by molar-refractivity contribution is 5.95. The Morgan fingerprint density at radius 2 is 2.28 bits per heavy atom. The molecule has 2 aromatic rings. The third-order valence-corrected chi connectivity index (χ3v) is 3.35. The molecule has 94 valence electrons. The van der Waals surface area contributed by atoms with Crippen LogP contribution in [0.2, 0.25) is 0 Å². The van der Waals surface area contributed by atoms with Gasteiger partial charge in [-0.3, -0.25) is 4.79 Å². The number of nitrogens with zero attached hydrogens (tertiary/aromatic N) is 2. The van der Waals surface area contributed by atoms with Gasteiger partial charge in [-0.25, -0.2) is 4.98 Å². The first-order valence-corrected chi connectivity index (χ1v) is 6.26. The number of rotatable bonds is 2. The molecule has 18 heavy (non-hydrogen) atoms. The molecule has 0 aliphatic carbocycles. The fourth-order valence-electron chi connectivity index (χ4n) is 2.30. The van der Waals surface area contributed by atoms with Gasteiger partial charge in [0.1, 0.15) is 0 Å². The van der Waals surface area contributed by atoms with E-state index < -0.39 is 0 Å². The number of hydrogen-bond acceptors (Lipinski definition) is 3. The molecule has 0 atom stereocenters. The van der Waals surface area contributed by atoms with E-state index >= 15 is 0 Å². The summed E-state index contributed by atoms with van der Waals surface area (Å²) in [4.78, 5) is 16.2. The molecule has 0 saturated carbocycles. The van der Waals surface area contributed by atoms with E-state index in [-0.39, 0.29) is 5.91 Å². The summed E-state index contributed by atoms with van der Waals surface area (Å²) in [5, 5.41) is 6.37. The van der Waals surface area contributed by atoms with Crippen LogP contribution in [0, 0.1) is 0 Å². The standard InChI is InChI=1S/C13H16N4O/c18-13(16-11-1-4-14-5-2-11)10-3-6-17-9-15-8-12(17)7-10/h3,6-9,11,14H,1-2,4-5H2,(H,16,18). The van der Waals surface area contributed by atoms with Gasteiger partial charge in [-0.1, -0.05) is 0 Å². The topological polar surface area (TPSA) is 58.4 Å². The Bertz CT molecular complexity index is 557. The van der Waals surface area contributed by atoms with Crippen LogP contribution in [0.25, 0.3) is 5.52 Å². The quantitative estimate of drug-likeness (QED) is 0.822. The zero-order chi connectivity index (χ0) is 12.4. The van der Waals surface area contributed by atoms with Gasteiger partial charge >= 0.3 is 0 Å². The summed E-state index contributed by atoms with van der Waals surface area (Å²) in [6.45, 7) is 1.96. The van der Waals surface area contributed by atoms with Gasteiger partial charge in [-0.05, 0) is 38.1 Å². The molecule has 2 N–H and O–H groups in total. The Morgan fingerprint density at radius 1 is 1.44 bits per heavy atom. The number of carbonyl (C=O) groups excluding carboxylic acids is 1. The van der Waals surface area contributed by atoms with Crippen molar-refractivity contribution in [1.82, 2.24) is 20.0 Å². The van der Waals surface area contributed by atoms with Crippen LogP contribution in [-0.2, 0) is 0 Å². The number of hydrogen-bond donors (Lipinski definition) is 2. The Balaban J connectivity index is 1.74. The molecule has 0 bridgehead atoms. The highest BCUT2D eigenvalue weighted by Crippen LogP contribution is 2.08. The fraction of sp³-hybridized carbons (Fsp3) is 0.385. The number of carbonyl (C=O) groups is 1. The van der Waals surface area contributed by atoms with E-state index in [0.717, 1.165) is 31.4 Å². The first-order valence-electron chi connectivity index (χ1n) is 6.26. The lowest BCUT2D eigenvalue weighted by Gasteiger charge is -2.23. The molecule has 0 aromatic carbocycles. The SMILES string of the molecule is O=C(NC1CCNCC1)c1ccn2cncc2c1. The van der Waals surface area contributed by atoms with Crippen LogP contribution in [-0.4, -0.2) is 34.4 Å². The van der Waals surface area contributed by atoms with E-state index in [1.165, 1.54) is 0 Å². The van der Waals surface area contributed by atoms with Crippen molar-refractivity contribution < 1.29 is 4.79 Å². The molecule has 3 rings (SSSR count). The van der Waals surface area contributed by atoms with E-state index in [9.17, 15) is 4.79 Å². The van der Waals surface area contributed by atoms with E-state index in [0.29, 0.717) is 11.6 Å². The summed E-state index contributed by atoms with van der Waals surface area (Å²) in [5.41, 5.74) is 1.63. The largest absolute Gasteiger partial charge is 0.349 e. The summed E-state index contributed by atoms with van der Waals surface area (Å²) < 4.78 is 1.89. The lowest BCUT2D eigenvalue weighted by atomic mass is 10.1. The molecule has 1 amide bonds. The second kappa shape index (κ2) is 4.78. The maximum atomic E-state index is 12.1. The molecule has 1 aliphatic rings. The van der Waals surface area contributed by atoms with Gasteiger partial charge in [0.05, 0.1) is 18.0 Å². The maximum absolute atomic E-state index is 12.1. The summed E-state index contributed by atoms with van der Waals surface area (Å²) in [6.07, 6.45) is 7.34. The van der Waals surface area contributed by atoms with E-state index in [4.69, 9.17) is 0 Å². The molecule has 2 aromatic heterocycles. The Kier molecular flexibility index (Phi) is 2.98. The predicted molar refractivity (Wildman–Crippen MR) is 68.5 cm³/mol. The monoisotopic (exact) mass is 244 g/mol. The molecule has 5 heteroatoms. The molecule has 3 heterocycles. The summed E-state index contributed by atoms with van der Waals surface area (Å²) in [7, 11) is 0. The summed E-state index contributed by atoms with van der Waals surface area (Å²) >= 11 is 0. The summed E-state index contributed by atoms with van der Waals surface area (Å²) in [5.74, 6) is 0.00519. The highest BCUT2D eigenvalue weighted by atomic mass is 16.1. The minimum absolute atomic E-state index is 0.00519. The Morgan fingerprint density at radius 3 is 3.11 bits per heavy atom. The van der Waals surface area contributed by atoms with Crippen LogP contribution in [0.4, 0.5) is 0 Å². The zero-order valence-electron chi connectivity index (χ0n) is 10.1. The second-order valence-electron chi connectivity index (χ2n) is 4.64. The first kappa shape index (κ1) is 11.2. The molecule has 5 nitrogen and oxygen atoms in total. The van der Waals surface area contributed by atoms with Gasteiger partial charge in [0.25, 0.3) is 5.91 Å². The van der Waals surface area contributed by atoms with Gasteiger partial charge in [-0.2, -0.15) is 0 Å². The van der Waals surface area contributed by atoms with E-state index in [2.05, 4.69) is 15.6 Å². The first-order chi connectivity index (χ1) is 8.83. The molecule has 1 aliphatic heterocycles. The number of piperidine rings is 1. The third-order valence-electron chi connectivity index (χ3n) is 3.35. The number of pyridine rings is 1. The van der Waals surface area contributed by atoms with Gasteiger partial charge in [-0.15, -0.1) is 0 Å². The number of imidazole rings is 1. The van der Waals surface area contributed by atoms with Crippen LogP contribution < -0.4 is 10.6 Å². The van der Waals surface area contributed by atoms with Crippen LogP contribution in [0.5, 0.6) is 0 Å². The predicted octanol–water partition coefficient (Wildman–Crippen LogP) is 0.816. The molecule has 0 radical (unpaired) electrons. The number of amides is 1. The molecular weight excluding hydrogens is 228 g/mol. The highest BCUT2D eigenvalue weighted by Gasteiger charge is 2.16. The Labute approximate surface area is 105 Å². The van der Waals surface area contributed by atoms with Crippen molar-refractivity contribution in [2.75, 3.05) is 13.1 Å². The van der Waals surface area contributed by atoms with Crippen molar-refractivity contribution in [2.24, 2.45) is 0 Å². The minimum atomic E-state index is 0.00519. The molecule has 0 unspecified atom stereocenters. The third kappa shape index (κ3) is 2.22. The normalized spacial score (nSPS) is 16.9. The van der Waals surface area contributed by atoms with Crippen molar-refractivity contribution in [3.05, 3.63) is 36.4 Å². The van der Waals surface area contributed by atoms with Crippen molar-refractivity contribution in [2.45, 2.75) is 18.9 Å². The molecule has 0 spiro atoms. The number of fused-ring (bicyclic) bond motifs is 1. The van der Waals surface area contributed by atoms with Gasteiger partial charge < -0.3 is 15.0 Å². The van der Waals surface area contributed by atoms with Gasteiger partial charge in [0.15, 0.2) is 0 Å². The summed E-state index contributed by atoms with van der Waals surface area (Å²) in [6, 6.07) is 3.98. The van der Waals surface area contributed by atoms with Crippen LogP contribution >= 0.6 is 0 Å². The van der Waals surface area contributed by atoms with Gasteiger partial charge in [0.2, 0.25) is 0 Å². The van der Waals surface area contributed by atoms with Crippen molar-refractivity contribution in [1.29, 1.82) is 0 Å². The van der Waals surface area contributed by atoms with E-state index in [1.54, 1.807) is 12.5 Å². The van der Waals surface area contributed by atoms with Crippen molar-refractivity contribution in [3.63, 3.8) is 0 Å². The molecular formula is C13H16N4O. The smallest absolute Gasteiger partial charge is 0.251 e. The number of aromatic nitrogens is 2. The molecule has 1 saturated heterocycles. The van der Waals surface area contributed by atoms with Crippen LogP contribution in [0.15, 0.2) is 30.9 Å². The Hall–Kier alpha value is -1.88. The number of nitrogens with one attached hydrogen (secondary N) is 2. The van der Waals surface area contributed by atoms with Crippen LogP contribution in [0.3, 0.4) is 0 Å². The zero-order valence-corrected chi connectivity index (χ0v) is 10.1. The van der Waals surface area contributed by atoms with Gasteiger partial charge in [0, 0.05) is 17.8 Å². The molecule has 1 fully saturated rings. The van der Waals surface area contributed by atoms with Crippen LogP contribution in [0.1, 0.15) is 23.2 Å². The lowest BCUT2D eigenvalue weighted by Crippen LogP contribution is -2.42. The van der Waals surface area contributed by atoms with E-state index in [1.807, 2.05) is 22.7 Å². The average Bonchev–Trinajstić information content (AvgIpc) is 2.87. The minimum Gasteiger partial charge on any atom is -0.349 e. The maximum Gasteiger partial charge on any atom is 0.251 e. The van der Waals surface area contributed by atoms with Crippen molar-refractivity contribution in [3.8, 4) is 0 Å².